The first-order chi connectivity index (χ1) is 8.16. The molecule has 2 N–H and O–H groups in total. The molecule has 1 fully saturated rings. The predicted molar refractivity (Wildman–Crippen MR) is 70.9 cm³/mol. The molecule has 2 nitrogen and oxygen atoms in total. The van der Waals surface area contributed by atoms with Crippen molar-refractivity contribution in [3.8, 4) is 0 Å². The SMILES string of the molecule is Cc1ccccc1C(O)CNC1CCC(C)C1. The highest BCUT2D eigenvalue weighted by Gasteiger charge is 2.21. The Hall–Kier alpha value is -0.860. The van der Waals surface area contributed by atoms with Crippen LogP contribution in [-0.4, -0.2) is 17.7 Å². The van der Waals surface area contributed by atoms with Gasteiger partial charge in [-0.2, -0.15) is 0 Å². The number of hydrogen-bond donors (Lipinski definition) is 2. The van der Waals surface area contributed by atoms with Gasteiger partial charge in [-0.1, -0.05) is 31.2 Å². The second-order valence-electron chi connectivity index (χ2n) is 5.40. The Bertz CT molecular complexity index is 364. The van der Waals surface area contributed by atoms with Gasteiger partial charge < -0.3 is 10.4 Å². The highest BCUT2D eigenvalue weighted by molar-refractivity contribution is 5.27. The minimum atomic E-state index is -0.382. The highest BCUT2D eigenvalue weighted by Crippen LogP contribution is 2.25. The molecule has 0 amide bonds. The molecule has 0 spiro atoms. The highest BCUT2D eigenvalue weighted by atomic mass is 16.3. The van der Waals surface area contributed by atoms with Crippen molar-refractivity contribution in [3.05, 3.63) is 35.4 Å². The Labute approximate surface area is 104 Å². The third-order valence-electron chi connectivity index (χ3n) is 3.84. The number of aryl methyl sites for hydroxylation is 1. The number of aliphatic hydroxyl groups excluding tert-OH is 1. The molecule has 0 aliphatic heterocycles. The van der Waals surface area contributed by atoms with E-state index in [1.165, 1.54) is 24.8 Å². The van der Waals surface area contributed by atoms with Crippen molar-refractivity contribution in [1.29, 1.82) is 0 Å². The van der Waals surface area contributed by atoms with Gasteiger partial charge in [-0.15, -0.1) is 0 Å². The van der Waals surface area contributed by atoms with Gasteiger partial charge in [0.2, 0.25) is 0 Å². The first kappa shape index (κ1) is 12.6. The molecule has 0 saturated heterocycles. The molecular weight excluding hydrogens is 210 g/mol. The molecule has 3 unspecified atom stereocenters. The van der Waals surface area contributed by atoms with Crippen LogP contribution < -0.4 is 5.32 Å². The van der Waals surface area contributed by atoms with E-state index in [0.717, 1.165) is 11.5 Å². The Kier molecular flexibility index (Phi) is 4.19. The van der Waals surface area contributed by atoms with Crippen LogP contribution >= 0.6 is 0 Å². The van der Waals surface area contributed by atoms with Gasteiger partial charge in [0.05, 0.1) is 6.10 Å². The summed E-state index contributed by atoms with van der Waals surface area (Å²) in [5.74, 6) is 0.836. The lowest BCUT2D eigenvalue weighted by Gasteiger charge is -2.18. The summed E-state index contributed by atoms with van der Waals surface area (Å²) in [4.78, 5) is 0. The minimum absolute atomic E-state index is 0.382. The lowest BCUT2D eigenvalue weighted by molar-refractivity contribution is 0.169. The van der Waals surface area contributed by atoms with Crippen molar-refractivity contribution in [2.45, 2.75) is 45.3 Å². The van der Waals surface area contributed by atoms with Crippen molar-refractivity contribution < 1.29 is 5.11 Å². The number of benzene rings is 1. The van der Waals surface area contributed by atoms with Crippen LogP contribution in [0.25, 0.3) is 0 Å². The van der Waals surface area contributed by atoms with Crippen LogP contribution in [0, 0.1) is 12.8 Å². The first-order valence-corrected chi connectivity index (χ1v) is 6.64. The zero-order valence-corrected chi connectivity index (χ0v) is 10.8. The number of rotatable bonds is 4. The maximum atomic E-state index is 10.2. The fourth-order valence-corrected chi connectivity index (χ4v) is 2.74. The van der Waals surface area contributed by atoms with Gasteiger partial charge >= 0.3 is 0 Å². The van der Waals surface area contributed by atoms with Crippen LogP contribution in [0.5, 0.6) is 0 Å². The van der Waals surface area contributed by atoms with E-state index in [0.29, 0.717) is 12.6 Å². The Balaban J connectivity index is 1.85. The molecule has 0 aromatic heterocycles. The van der Waals surface area contributed by atoms with Crippen molar-refractivity contribution in [1.82, 2.24) is 5.32 Å². The van der Waals surface area contributed by atoms with E-state index in [1.54, 1.807) is 0 Å². The topological polar surface area (TPSA) is 32.3 Å². The van der Waals surface area contributed by atoms with Gasteiger partial charge in [-0.3, -0.25) is 0 Å². The van der Waals surface area contributed by atoms with E-state index < -0.39 is 0 Å². The summed E-state index contributed by atoms with van der Waals surface area (Å²) in [5, 5.41) is 13.7. The Morgan fingerprint density at radius 2 is 2.12 bits per heavy atom. The molecule has 1 aliphatic rings. The third kappa shape index (κ3) is 3.30. The summed E-state index contributed by atoms with van der Waals surface area (Å²) in [7, 11) is 0. The average molecular weight is 233 g/mol. The van der Waals surface area contributed by atoms with Gasteiger partial charge in [0.1, 0.15) is 0 Å². The lowest BCUT2D eigenvalue weighted by atomic mass is 10.0. The summed E-state index contributed by atoms with van der Waals surface area (Å²) >= 11 is 0. The molecule has 0 bridgehead atoms. The van der Waals surface area contributed by atoms with Crippen LogP contribution in [0.1, 0.15) is 43.4 Å². The van der Waals surface area contributed by atoms with Crippen LogP contribution in [0.4, 0.5) is 0 Å². The fourth-order valence-electron chi connectivity index (χ4n) is 2.74. The number of hydrogen-bond acceptors (Lipinski definition) is 2. The molecule has 1 aromatic rings. The van der Waals surface area contributed by atoms with E-state index in [1.807, 2.05) is 18.2 Å². The van der Waals surface area contributed by atoms with Gasteiger partial charge in [-0.25, -0.2) is 0 Å². The van der Waals surface area contributed by atoms with Crippen LogP contribution in [-0.2, 0) is 0 Å². The molecule has 2 heteroatoms. The second kappa shape index (κ2) is 5.65. The zero-order chi connectivity index (χ0) is 12.3. The molecule has 1 aliphatic carbocycles. The second-order valence-corrected chi connectivity index (χ2v) is 5.40. The van der Waals surface area contributed by atoms with Gasteiger partial charge in [0.15, 0.2) is 0 Å². The quantitative estimate of drug-likeness (QED) is 0.838. The van der Waals surface area contributed by atoms with Crippen LogP contribution in [0.2, 0.25) is 0 Å². The van der Waals surface area contributed by atoms with Crippen molar-refractivity contribution >= 4 is 0 Å². The molecule has 2 rings (SSSR count). The van der Waals surface area contributed by atoms with Gasteiger partial charge in [0, 0.05) is 12.6 Å². The molecule has 1 saturated carbocycles. The molecular formula is C15H23NO. The summed E-state index contributed by atoms with van der Waals surface area (Å²) in [6, 6.07) is 8.67. The standard InChI is InChI=1S/C15H23NO/c1-11-7-8-13(9-11)16-10-15(17)14-6-4-3-5-12(14)2/h3-6,11,13,15-17H,7-10H2,1-2H3. The zero-order valence-electron chi connectivity index (χ0n) is 10.8. The predicted octanol–water partition coefficient (Wildman–Crippen LogP) is 2.81. The largest absolute Gasteiger partial charge is 0.387 e. The Morgan fingerprint density at radius 3 is 2.76 bits per heavy atom. The summed E-state index contributed by atoms with van der Waals surface area (Å²) in [6.45, 7) is 5.03. The van der Waals surface area contributed by atoms with E-state index in [2.05, 4.69) is 25.2 Å². The summed E-state index contributed by atoms with van der Waals surface area (Å²) in [6.07, 6.45) is 3.44. The van der Waals surface area contributed by atoms with E-state index >= 15 is 0 Å². The summed E-state index contributed by atoms with van der Waals surface area (Å²) in [5.41, 5.74) is 2.22. The van der Waals surface area contributed by atoms with Crippen molar-refractivity contribution in [2.75, 3.05) is 6.54 Å². The monoisotopic (exact) mass is 233 g/mol. The van der Waals surface area contributed by atoms with Crippen molar-refractivity contribution in [2.24, 2.45) is 5.92 Å². The number of aliphatic hydroxyl groups is 1. The van der Waals surface area contributed by atoms with E-state index in [-0.39, 0.29) is 6.10 Å². The molecule has 0 radical (unpaired) electrons. The number of nitrogens with one attached hydrogen (secondary N) is 1. The maximum Gasteiger partial charge on any atom is 0.0917 e. The maximum absolute atomic E-state index is 10.2. The van der Waals surface area contributed by atoms with Crippen LogP contribution in [0.3, 0.4) is 0 Å². The molecule has 0 heterocycles. The molecule has 1 aromatic carbocycles. The molecule has 3 atom stereocenters. The normalized spacial score (nSPS) is 26.1. The van der Waals surface area contributed by atoms with Crippen molar-refractivity contribution in [3.63, 3.8) is 0 Å². The molecule has 17 heavy (non-hydrogen) atoms. The minimum Gasteiger partial charge on any atom is -0.387 e. The van der Waals surface area contributed by atoms with Gasteiger partial charge in [0.25, 0.3) is 0 Å². The van der Waals surface area contributed by atoms with Gasteiger partial charge in [-0.05, 0) is 43.2 Å². The first-order valence-electron chi connectivity index (χ1n) is 6.64. The smallest absolute Gasteiger partial charge is 0.0917 e. The fraction of sp³-hybridized carbons (Fsp3) is 0.600. The third-order valence-corrected chi connectivity index (χ3v) is 3.84. The Morgan fingerprint density at radius 1 is 1.35 bits per heavy atom. The van der Waals surface area contributed by atoms with Crippen LogP contribution in [0.15, 0.2) is 24.3 Å². The van der Waals surface area contributed by atoms with E-state index in [4.69, 9.17) is 0 Å². The van der Waals surface area contributed by atoms with E-state index in [9.17, 15) is 5.11 Å². The lowest BCUT2D eigenvalue weighted by Crippen LogP contribution is -2.30. The average Bonchev–Trinajstić information content (AvgIpc) is 2.73. The summed E-state index contributed by atoms with van der Waals surface area (Å²) < 4.78 is 0. The molecule has 94 valence electrons.